The largest absolute Gasteiger partial charge is 0.496 e. The normalized spacial score (nSPS) is 9.40. The molecule has 0 fully saturated rings. The SMILES string of the molecule is COc1ccn[c]c1CO. The molecule has 0 aliphatic carbocycles. The molecule has 1 N–H and O–H groups in total. The summed E-state index contributed by atoms with van der Waals surface area (Å²) >= 11 is 0. The Hall–Kier alpha value is -1.09. The topological polar surface area (TPSA) is 42.4 Å². The van der Waals surface area contributed by atoms with Crippen LogP contribution in [0.5, 0.6) is 5.75 Å². The monoisotopic (exact) mass is 138 g/mol. The molecule has 0 aromatic carbocycles. The van der Waals surface area contributed by atoms with Gasteiger partial charge in [-0.1, -0.05) is 0 Å². The molecular weight excluding hydrogens is 130 g/mol. The number of rotatable bonds is 2. The van der Waals surface area contributed by atoms with Crippen LogP contribution in [0.1, 0.15) is 5.56 Å². The van der Waals surface area contributed by atoms with E-state index in [9.17, 15) is 0 Å². The summed E-state index contributed by atoms with van der Waals surface area (Å²) in [6.07, 6.45) is 4.18. The third kappa shape index (κ3) is 1.25. The van der Waals surface area contributed by atoms with Gasteiger partial charge in [0, 0.05) is 11.8 Å². The first-order valence-electron chi connectivity index (χ1n) is 2.89. The minimum absolute atomic E-state index is 0.0863. The molecule has 0 aliphatic heterocycles. The lowest BCUT2D eigenvalue weighted by Gasteiger charge is -2.01. The van der Waals surface area contributed by atoms with Crippen LogP contribution in [0.15, 0.2) is 12.3 Å². The molecule has 0 spiro atoms. The van der Waals surface area contributed by atoms with Crippen molar-refractivity contribution in [3.05, 3.63) is 24.0 Å². The zero-order valence-electron chi connectivity index (χ0n) is 5.66. The second-order valence-corrected chi connectivity index (χ2v) is 1.76. The first kappa shape index (κ1) is 7.02. The fourth-order valence-corrected chi connectivity index (χ4v) is 0.680. The van der Waals surface area contributed by atoms with Crippen molar-refractivity contribution in [3.63, 3.8) is 0 Å². The minimum Gasteiger partial charge on any atom is -0.496 e. The van der Waals surface area contributed by atoms with Crippen molar-refractivity contribution < 1.29 is 9.84 Å². The maximum absolute atomic E-state index is 8.70. The Kier molecular flexibility index (Phi) is 2.23. The molecule has 53 valence electrons. The minimum atomic E-state index is -0.0863. The fraction of sp³-hybridized carbons (Fsp3) is 0.286. The Morgan fingerprint density at radius 1 is 1.80 bits per heavy atom. The molecule has 0 unspecified atom stereocenters. The van der Waals surface area contributed by atoms with Gasteiger partial charge in [-0.15, -0.1) is 0 Å². The zero-order chi connectivity index (χ0) is 7.40. The first-order valence-corrected chi connectivity index (χ1v) is 2.89. The Morgan fingerprint density at radius 3 is 3.10 bits per heavy atom. The molecule has 10 heavy (non-hydrogen) atoms. The van der Waals surface area contributed by atoms with Gasteiger partial charge in [-0.2, -0.15) is 0 Å². The molecule has 1 aromatic heterocycles. The molecule has 3 nitrogen and oxygen atoms in total. The van der Waals surface area contributed by atoms with Crippen molar-refractivity contribution in [3.8, 4) is 5.75 Å². The molecule has 0 aliphatic rings. The predicted molar refractivity (Wildman–Crippen MR) is 35.5 cm³/mol. The van der Waals surface area contributed by atoms with E-state index in [-0.39, 0.29) is 6.61 Å². The predicted octanol–water partition coefficient (Wildman–Crippen LogP) is 0.383. The fourth-order valence-electron chi connectivity index (χ4n) is 0.680. The highest BCUT2D eigenvalue weighted by molar-refractivity contribution is 5.28. The van der Waals surface area contributed by atoms with Gasteiger partial charge in [0.1, 0.15) is 5.75 Å². The molecule has 0 atom stereocenters. The Bertz CT molecular complexity index is 190. The van der Waals surface area contributed by atoms with Gasteiger partial charge in [0.15, 0.2) is 0 Å². The van der Waals surface area contributed by atoms with Crippen molar-refractivity contribution >= 4 is 0 Å². The van der Waals surface area contributed by atoms with Gasteiger partial charge in [0.05, 0.1) is 19.9 Å². The molecular formula is C7H8NO2. The highest BCUT2D eigenvalue weighted by atomic mass is 16.5. The number of aliphatic hydroxyl groups excluding tert-OH is 1. The quantitative estimate of drug-likeness (QED) is 0.642. The van der Waals surface area contributed by atoms with Gasteiger partial charge in [-0.3, -0.25) is 4.98 Å². The van der Waals surface area contributed by atoms with Crippen molar-refractivity contribution in [2.75, 3.05) is 7.11 Å². The van der Waals surface area contributed by atoms with Crippen LogP contribution in [0.3, 0.4) is 0 Å². The van der Waals surface area contributed by atoms with E-state index in [1.54, 1.807) is 19.4 Å². The zero-order valence-corrected chi connectivity index (χ0v) is 5.66. The standard InChI is InChI=1S/C7H8NO2/c1-10-7-2-3-8-4-6(7)5-9/h2-3,9H,5H2,1H3. The van der Waals surface area contributed by atoms with E-state index in [0.29, 0.717) is 11.3 Å². The Balaban J connectivity index is 2.96. The van der Waals surface area contributed by atoms with Gasteiger partial charge < -0.3 is 9.84 Å². The van der Waals surface area contributed by atoms with Crippen LogP contribution in [-0.2, 0) is 6.61 Å². The summed E-state index contributed by atoms with van der Waals surface area (Å²) in [5, 5.41) is 8.70. The van der Waals surface area contributed by atoms with Gasteiger partial charge >= 0.3 is 0 Å². The number of pyridine rings is 1. The molecule has 0 amide bonds. The summed E-state index contributed by atoms with van der Waals surface area (Å²) in [4.78, 5) is 3.70. The maximum atomic E-state index is 8.70. The Labute approximate surface area is 59.3 Å². The van der Waals surface area contributed by atoms with E-state index in [1.807, 2.05) is 0 Å². The summed E-state index contributed by atoms with van der Waals surface area (Å²) in [7, 11) is 1.54. The highest BCUT2D eigenvalue weighted by Crippen LogP contribution is 2.13. The lowest BCUT2D eigenvalue weighted by molar-refractivity contribution is 0.273. The number of hydrogen-bond acceptors (Lipinski definition) is 3. The lowest BCUT2D eigenvalue weighted by atomic mass is 10.3. The third-order valence-electron chi connectivity index (χ3n) is 1.18. The smallest absolute Gasteiger partial charge is 0.128 e. The van der Waals surface area contributed by atoms with Crippen LogP contribution in [0.4, 0.5) is 0 Å². The van der Waals surface area contributed by atoms with Gasteiger partial charge in [-0.25, -0.2) is 0 Å². The van der Waals surface area contributed by atoms with Crippen LogP contribution in [-0.4, -0.2) is 17.2 Å². The molecule has 1 rings (SSSR count). The average Bonchev–Trinajstić information content (AvgIpc) is 2.04. The van der Waals surface area contributed by atoms with Crippen molar-refractivity contribution in [2.45, 2.75) is 6.61 Å². The summed E-state index contributed by atoms with van der Waals surface area (Å²) in [5.74, 6) is 0.623. The number of aromatic nitrogens is 1. The summed E-state index contributed by atoms with van der Waals surface area (Å²) in [5.41, 5.74) is 0.588. The molecule has 0 saturated carbocycles. The van der Waals surface area contributed by atoms with Crippen LogP contribution < -0.4 is 4.74 Å². The number of nitrogens with zero attached hydrogens (tertiary/aromatic N) is 1. The van der Waals surface area contributed by atoms with Crippen LogP contribution in [0.25, 0.3) is 0 Å². The molecule has 1 heterocycles. The molecule has 0 saturated heterocycles. The first-order chi connectivity index (χ1) is 4.88. The Morgan fingerprint density at radius 2 is 2.60 bits per heavy atom. The van der Waals surface area contributed by atoms with Gasteiger partial charge in [0.2, 0.25) is 0 Å². The molecule has 0 bridgehead atoms. The maximum Gasteiger partial charge on any atom is 0.128 e. The van der Waals surface area contributed by atoms with Gasteiger partial charge in [0.25, 0.3) is 0 Å². The number of hydrogen-bond donors (Lipinski definition) is 1. The van der Waals surface area contributed by atoms with E-state index in [4.69, 9.17) is 9.84 Å². The number of aliphatic hydroxyl groups is 1. The lowest BCUT2D eigenvalue weighted by Crippen LogP contribution is -1.92. The molecule has 1 radical (unpaired) electrons. The van der Waals surface area contributed by atoms with Crippen molar-refractivity contribution in [1.29, 1.82) is 0 Å². The number of ether oxygens (including phenoxy) is 1. The van der Waals surface area contributed by atoms with Crippen LogP contribution in [0, 0.1) is 6.20 Å². The third-order valence-corrected chi connectivity index (χ3v) is 1.18. The second-order valence-electron chi connectivity index (χ2n) is 1.76. The van der Waals surface area contributed by atoms with E-state index in [2.05, 4.69) is 11.2 Å². The molecule has 3 heteroatoms. The van der Waals surface area contributed by atoms with E-state index in [1.165, 1.54) is 0 Å². The summed E-state index contributed by atoms with van der Waals surface area (Å²) in [6, 6.07) is 1.68. The average molecular weight is 138 g/mol. The van der Waals surface area contributed by atoms with Gasteiger partial charge in [-0.05, 0) is 6.07 Å². The van der Waals surface area contributed by atoms with E-state index in [0.717, 1.165) is 0 Å². The van der Waals surface area contributed by atoms with E-state index < -0.39 is 0 Å². The summed E-state index contributed by atoms with van der Waals surface area (Å²) in [6.45, 7) is -0.0863. The highest BCUT2D eigenvalue weighted by Gasteiger charge is 1.98. The van der Waals surface area contributed by atoms with Crippen LogP contribution >= 0.6 is 0 Å². The summed E-state index contributed by atoms with van der Waals surface area (Å²) < 4.78 is 4.90. The van der Waals surface area contributed by atoms with Crippen LogP contribution in [0.2, 0.25) is 0 Å². The second kappa shape index (κ2) is 3.17. The van der Waals surface area contributed by atoms with Crippen molar-refractivity contribution in [1.82, 2.24) is 4.98 Å². The van der Waals surface area contributed by atoms with E-state index >= 15 is 0 Å². The number of methoxy groups -OCH3 is 1. The van der Waals surface area contributed by atoms with Crippen molar-refractivity contribution in [2.24, 2.45) is 0 Å². The molecule has 1 aromatic rings.